The lowest BCUT2D eigenvalue weighted by Gasteiger charge is -2.02. The number of hydrogen-bond donors (Lipinski definition) is 2. The highest BCUT2D eigenvalue weighted by molar-refractivity contribution is 7.84. The van der Waals surface area contributed by atoms with Crippen LogP contribution in [0.25, 0.3) is 0 Å². The van der Waals surface area contributed by atoms with E-state index in [1.54, 1.807) is 6.26 Å². The van der Waals surface area contributed by atoms with Crippen molar-refractivity contribution in [1.82, 2.24) is 20.8 Å². The Morgan fingerprint density at radius 2 is 2.47 bits per heavy atom. The summed E-state index contributed by atoms with van der Waals surface area (Å²) in [5.41, 5.74) is 0. The van der Waals surface area contributed by atoms with Crippen molar-refractivity contribution >= 4 is 16.7 Å². The maximum Gasteiger partial charge on any atom is 0.292 e. The Kier molecular flexibility index (Phi) is 5.03. The van der Waals surface area contributed by atoms with Gasteiger partial charge in [0.05, 0.1) is 6.04 Å². The topological polar surface area (TPSA) is 97.1 Å². The van der Waals surface area contributed by atoms with Crippen molar-refractivity contribution in [3.8, 4) is 0 Å². The summed E-state index contributed by atoms with van der Waals surface area (Å²) < 4.78 is 15.9. The van der Waals surface area contributed by atoms with E-state index in [0.717, 1.165) is 19.4 Å². The third kappa shape index (κ3) is 4.10. The van der Waals surface area contributed by atoms with Crippen molar-refractivity contribution in [3.63, 3.8) is 0 Å². The van der Waals surface area contributed by atoms with Crippen LogP contribution >= 0.6 is 0 Å². The van der Waals surface area contributed by atoms with Crippen molar-refractivity contribution < 1.29 is 13.5 Å². The van der Waals surface area contributed by atoms with Crippen LogP contribution in [0.2, 0.25) is 0 Å². The summed E-state index contributed by atoms with van der Waals surface area (Å²) in [6.45, 7) is 1.40. The molecule has 2 rings (SSSR count). The second kappa shape index (κ2) is 6.76. The molecule has 1 aromatic rings. The Morgan fingerprint density at radius 3 is 3.16 bits per heavy atom. The summed E-state index contributed by atoms with van der Waals surface area (Å²) in [6.07, 6.45) is 4.33. The van der Waals surface area contributed by atoms with Gasteiger partial charge in [-0.15, -0.1) is 0 Å². The lowest BCUT2D eigenvalue weighted by Crippen LogP contribution is -2.26. The Morgan fingerprint density at radius 1 is 1.63 bits per heavy atom. The van der Waals surface area contributed by atoms with E-state index in [0.29, 0.717) is 24.6 Å². The van der Waals surface area contributed by atoms with Gasteiger partial charge in [0.2, 0.25) is 5.89 Å². The van der Waals surface area contributed by atoms with Crippen LogP contribution in [0.1, 0.15) is 41.8 Å². The monoisotopic (exact) mass is 286 g/mol. The molecule has 2 unspecified atom stereocenters. The van der Waals surface area contributed by atoms with Gasteiger partial charge >= 0.3 is 0 Å². The number of hydrogen-bond acceptors (Lipinski definition) is 6. The predicted octanol–water partition coefficient (Wildman–Crippen LogP) is -0.00750. The lowest BCUT2D eigenvalue weighted by atomic mass is 10.2. The minimum atomic E-state index is -0.832. The van der Waals surface area contributed by atoms with Gasteiger partial charge in [-0.25, -0.2) is 0 Å². The van der Waals surface area contributed by atoms with Crippen molar-refractivity contribution in [2.75, 3.05) is 25.1 Å². The number of amides is 1. The largest absolute Gasteiger partial charge is 0.349 e. The van der Waals surface area contributed by atoms with Crippen molar-refractivity contribution in [1.29, 1.82) is 0 Å². The summed E-state index contributed by atoms with van der Waals surface area (Å²) in [5, 5.41) is 9.58. The van der Waals surface area contributed by atoms with E-state index in [1.165, 1.54) is 0 Å². The fourth-order valence-electron chi connectivity index (χ4n) is 1.92. The number of nitrogens with one attached hydrogen (secondary N) is 2. The third-order valence-corrected chi connectivity index (χ3v) is 3.76. The van der Waals surface area contributed by atoms with E-state index >= 15 is 0 Å². The predicted molar refractivity (Wildman–Crippen MR) is 70.2 cm³/mol. The molecule has 0 saturated carbocycles. The molecular weight excluding hydrogens is 268 g/mol. The van der Waals surface area contributed by atoms with Crippen LogP contribution in [0.4, 0.5) is 0 Å². The van der Waals surface area contributed by atoms with Crippen LogP contribution in [-0.4, -0.2) is 45.4 Å². The third-order valence-electron chi connectivity index (χ3n) is 2.90. The van der Waals surface area contributed by atoms with Crippen molar-refractivity contribution in [2.24, 2.45) is 0 Å². The second-order valence-electron chi connectivity index (χ2n) is 4.49. The molecular formula is C11H18N4O3S. The second-order valence-corrected chi connectivity index (χ2v) is 6.05. The molecule has 0 aliphatic carbocycles. The van der Waals surface area contributed by atoms with Gasteiger partial charge in [0.25, 0.3) is 11.7 Å². The quantitative estimate of drug-likeness (QED) is 0.714. The van der Waals surface area contributed by atoms with Gasteiger partial charge in [-0.2, -0.15) is 4.98 Å². The van der Waals surface area contributed by atoms with E-state index in [9.17, 15) is 9.00 Å². The van der Waals surface area contributed by atoms with Crippen LogP contribution < -0.4 is 10.6 Å². The molecule has 106 valence electrons. The van der Waals surface area contributed by atoms with Gasteiger partial charge in [0.15, 0.2) is 0 Å². The van der Waals surface area contributed by atoms with E-state index < -0.39 is 10.8 Å². The smallest absolute Gasteiger partial charge is 0.292 e. The molecule has 19 heavy (non-hydrogen) atoms. The van der Waals surface area contributed by atoms with Crippen LogP contribution in [0.5, 0.6) is 0 Å². The standard InChI is InChI=1S/C11H18N4O3S/c1-19(17)7-3-6-13-10(16)9-14-11(18-15-9)8-4-2-5-12-8/h8,12H,2-7H2,1H3,(H,13,16). The first kappa shape index (κ1) is 14.1. The summed E-state index contributed by atoms with van der Waals surface area (Å²) in [6, 6.07) is 0.0663. The highest BCUT2D eigenvalue weighted by Crippen LogP contribution is 2.20. The van der Waals surface area contributed by atoms with Crippen molar-refractivity contribution in [2.45, 2.75) is 25.3 Å². The van der Waals surface area contributed by atoms with E-state index in [1.807, 2.05) is 0 Å². The maximum atomic E-state index is 11.7. The molecule has 8 heteroatoms. The van der Waals surface area contributed by atoms with Gasteiger partial charge < -0.3 is 15.2 Å². The van der Waals surface area contributed by atoms with Gasteiger partial charge in [0, 0.05) is 29.4 Å². The van der Waals surface area contributed by atoms with Gasteiger partial charge in [-0.05, 0) is 25.8 Å². The minimum Gasteiger partial charge on any atom is -0.349 e. The van der Waals surface area contributed by atoms with Crippen LogP contribution in [0.15, 0.2) is 4.52 Å². The first-order valence-electron chi connectivity index (χ1n) is 6.32. The van der Waals surface area contributed by atoms with Gasteiger partial charge in [-0.3, -0.25) is 9.00 Å². The molecule has 1 saturated heterocycles. The van der Waals surface area contributed by atoms with E-state index in [-0.39, 0.29) is 17.8 Å². The Labute approximate surface area is 114 Å². The normalized spacial score (nSPS) is 20.4. The minimum absolute atomic E-state index is 0.0568. The average molecular weight is 286 g/mol. The Balaban J connectivity index is 1.80. The molecule has 1 fully saturated rings. The molecule has 2 heterocycles. The van der Waals surface area contributed by atoms with Crippen LogP contribution in [0, 0.1) is 0 Å². The molecule has 0 spiro atoms. The molecule has 2 atom stereocenters. The molecule has 0 aromatic carbocycles. The summed E-state index contributed by atoms with van der Waals surface area (Å²) >= 11 is 0. The highest BCUT2D eigenvalue weighted by Gasteiger charge is 2.24. The summed E-state index contributed by atoms with van der Waals surface area (Å²) in [4.78, 5) is 15.8. The molecule has 7 nitrogen and oxygen atoms in total. The van der Waals surface area contributed by atoms with E-state index in [2.05, 4.69) is 20.8 Å². The highest BCUT2D eigenvalue weighted by atomic mass is 32.2. The molecule has 1 aromatic heterocycles. The summed E-state index contributed by atoms with van der Waals surface area (Å²) in [5.74, 6) is 0.748. The maximum absolute atomic E-state index is 11.7. The molecule has 1 amide bonds. The number of aromatic nitrogens is 2. The average Bonchev–Trinajstić information content (AvgIpc) is 3.03. The van der Waals surface area contributed by atoms with Crippen LogP contribution in [0.3, 0.4) is 0 Å². The van der Waals surface area contributed by atoms with Crippen LogP contribution in [-0.2, 0) is 10.8 Å². The zero-order valence-corrected chi connectivity index (χ0v) is 11.7. The fraction of sp³-hybridized carbons (Fsp3) is 0.727. The first-order valence-corrected chi connectivity index (χ1v) is 8.05. The molecule has 1 aliphatic heterocycles. The van der Waals surface area contributed by atoms with Crippen molar-refractivity contribution in [3.05, 3.63) is 11.7 Å². The van der Waals surface area contributed by atoms with Gasteiger partial charge in [0.1, 0.15) is 0 Å². The van der Waals surface area contributed by atoms with E-state index in [4.69, 9.17) is 4.52 Å². The fourth-order valence-corrected chi connectivity index (χ4v) is 2.47. The SMILES string of the molecule is CS(=O)CCCNC(=O)c1noc(C2CCCN2)n1. The zero-order valence-electron chi connectivity index (χ0n) is 10.8. The first-order chi connectivity index (χ1) is 9.16. The number of nitrogens with zero attached hydrogens (tertiary/aromatic N) is 2. The molecule has 1 aliphatic rings. The number of carbonyl (C=O) groups excluding carboxylic acids is 1. The Bertz CT molecular complexity index is 457. The number of rotatable bonds is 6. The zero-order chi connectivity index (χ0) is 13.7. The molecule has 0 bridgehead atoms. The Hall–Kier alpha value is -1.28. The van der Waals surface area contributed by atoms with Gasteiger partial charge in [-0.1, -0.05) is 5.16 Å². The summed E-state index contributed by atoms with van der Waals surface area (Å²) in [7, 11) is -0.832. The lowest BCUT2D eigenvalue weighted by molar-refractivity contribution is 0.0940. The molecule has 0 radical (unpaired) electrons. The number of carbonyl (C=O) groups is 1. The molecule has 2 N–H and O–H groups in total.